The standard InChI is InChI=1S/C21H36O/c1-20(2,3)13-15-22-14-8-7-10-18-11-9-12-19(16-18)17-21(4,5)6/h9,11-12,16H,7-8,10,13-15,17H2,1-6H3. The summed E-state index contributed by atoms with van der Waals surface area (Å²) in [6.45, 7) is 15.5. The summed E-state index contributed by atoms with van der Waals surface area (Å²) >= 11 is 0. The summed E-state index contributed by atoms with van der Waals surface area (Å²) in [5, 5.41) is 0. The monoisotopic (exact) mass is 304 g/mol. The number of benzene rings is 1. The SMILES string of the molecule is CC(C)(C)CCOCCCCc1cccc(CC(C)(C)C)c1. The predicted octanol–water partition coefficient (Wildman–Crippen LogP) is 6.05. The Morgan fingerprint density at radius 1 is 0.818 bits per heavy atom. The number of ether oxygens (including phenoxy) is 1. The van der Waals surface area contributed by atoms with E-state index in [4.69, 9.17) is 4.74 Å². The maximum Gasteiger partial charge on any atom is 0.0471 e. The van der Waals surface area contributed by atoms with E-state index in [1.807, 2.05) is 0 Å². The first kappa shape index (κ1) is 19.2. The van der Waals surface area contributed by atoms with E-state index in [1.54, 1.807) is 0 Å². The molecule has 0 atom stereocenters. The van der Waals surface area contributed by atoms with Gasteiger partial charge in [-0.05, 0) is 54.1 Å². The molecule has 0 fully saturated rings. The first-order valence-corrected chi connectivity index (χ1v) is 8.81. The van der Waals surface area contributed by atoms with Gasteiger partial charge < -0.3 is 4.74 Å². The number of aryl methyl sites for hydroxylation is 1. The molecule has 0 saturated heterocycles. The van der Waals surface area contributed by atoms with Crippen LogP contribution < -0.4 is 0 Å². The number of rotatable bonds is 8. The van der Waals surface area contributed by atoms with Gasteiger partial charge in [-0.25, -0.2) is 0 Å². The van der Waals surface area contributed by atoms with Gasteiger partial charge in [0.05, 0.1) is 0 Å². The van der Waals surface area contributed by atoms with E-state index < -0.39 is 0 Å². The zero-order chi connectivity index (χ0) is 16.6. The third-order valence-electron chi connectivity index (χ3n) is 3.73. The van der Waals surface area contributed by atoms with Crippen molar-refractivity contribution in [2.75, 3.05) is 13.2 Å². The van der Waals surface area contributed by atoms with Crippen molar-refractivity contribution in [2.45, 2.75) is 73.6 Å². The van der Waals surface area contributed by atoms with Crippen molar-refractivity contribution in [3.05, 3.63) is 35.4 Å². The number of hydrogen-bond acceptors (Lipinski definition) is 1. The lowest BCUT2D eigenvalue weighted by atomic mass is 9.87. The summed E-state index contributed by atoms with van der Waals surface area (Å²) in [6.07, 6.45) is 5.83. The van der Waals surface area contributed by atoms with E-state index in [2.05, 4.69) is 65.8 Å². The van der Waals surface area contributed by atoms with Crippen LogP contribution in [0.2, 0.25) is 0 Å². The van der Waals surface area contributed by atoms with Gasteiger partial charge in [-0.2, -0.15) is 0 Å². The highest BCUT2D eigenvalue weighted by Crippen LogP contribution is 2.21. The van der Waals surface area contributed by atoms with Crippen LogP contribution in [0.1, 0.15) is 71.9 Å². The molecule has 0 heterocycles. The summed E-state index contributed by atoms with van der Waals surface area (Å²) in [7, 11) is 0. The molecule has 0 unspecified atom stereocenters. The molecule has 0 N–H and O–H groups in total. The normalized spacial score (nSPS) is 12.6. The molecule has 0 spiro atoms. The molecule has 0 radical (unpaired) electrons. The maximum atomic E-state index is 5.74. The summed E-state index contributed by atoms with van der Waals surface area (Å²) in [6, 6.07) is 9.10. The van der Waals surface area contributed by atoms with Gasteiger partial charge in [0.15, 0.2) is 0 Å². The molecule has 22 heavy (non-hydrogen) atoms. The van der Waals surface area contributed by atoms with Gasteiger partial charge in [0.25, 0.3) is 0 Å². The van der Waals surface area contributed by atoms with Gasteiger partial charge in [0.2, 0.25) is 0 Å². The van der Waals surface area contributed by atoms with Crippen LogP contribution in [0.25, 0.3) is 0 Å². The van der Waals surface area contributed by atoms with E-state index in [1.165, 1.54) is 24.0 Å². The average molecular weight is 305 g/mol. The van der Waals surface area contributed by atoms with Gasteiger partial charge in [0, 0.05) is 13.2 Å². The number of hydrogen-bond donors (Lipinski definition) is 0. The molecule has 0 saturated carbocycles. The Bertz CT molecular complexity index is 420. The van der Waals surface area contributed by atoms with E-state index in [0.717, 1.165) is 32.5 Å². The van der Waals surface area contributed by atoms with Crippen molar-refractivity contribution in [1.29, 1.82) is 0 Å². The fraction of sp³-hybridized carbons (Fsp3) is 0.714. The molecule has 0 bridgehead atoms. The fourth-order valence-electron chi connectivity index (χ4n) is 2.52. The van der Waals surface area contributed by atoms with E-state index in [9.17, 15) is 0 Å². The van der Waals surface area contributed by atoms with Crippen LogP contribution >= 0.6 is 0 Å². The van der Waals surface area contributed by atoms with Crippen molar-refractivity contribution >= 4 is 0 Å². The molecule has 0 amide bonds. The third kappa shape index (κ3) is 10.00. The van der Waals surface area contributed by atoms with Crippen molar-refractivity contribution in [3.63, 3.8) is 0 Å². The number of unbranched alkanes of at least 4 members (excludes halogenated alkanes) is 1. The van der Waals surface area contributed by atoms with Gasteiger partial charge in [-0.15, -0.1) is 0 Å². The van der Waals surface area contributed by atoms with Crippen LogP contribution in [-0.2, 0) is 17.6 Å². The summed E-state index contributed by atoms with van der Waals surface area (Å²) < 4.78 is 5.74. The molecular formula is C21H36O. The Hall–Kier alpha value is -0.820. The van der Waals surface area contributed by atoms with Crippen molar-refractivity contribution in [1.82, 2.24) is 0 Å². The predicted molar refractivity (Wildman–Crippen MR) is 97.4 cm³/mol. The Kier molecular flexibility index (Phi) is 7.62. The van der Waals surface area contributed by atoms with Crippen LogP contribution in [0.15, 0.2) is 24.3 Å². The van der Waals surface area contributed by atoms with Crippen LogP contribution in [-0.4, -0.2) is 13.2 Å². The zero-order valence-electron chi connectivity index (χ0n) is 15.7. The van der Waals surface area contributed by atoms with Gasteiger partial charge in [-0.1, -0.05) is 65.8 Å². The first-order chi connectivity index (χ1) is 10.2. The molecule has 0 aromatic heterocycles. The minimum absolute atomic E-state index is 0.361. The van der Waals surface area contributed by atoms with E-state index in [0.29, 0.717) is 10.8 Å². The highest BCUT2D eigenvalue weighted by atomic mass is 16.5. The largest absolute Gasteiger partial charge is 0.381 e. The lowest BCUT2D eigenvalue weighted by molar-refractivity contribution is 0.105. The first-order valence-electron chi connectivity index (χ1n) is 8.81. The van der Waals surface area contributed by atoms with Crippen molar-refractivity contribution in [2.24, 2.45) is 10.8 Å². The lowest BCUT2D eigenvalue weighted by Gasteiger charge is -2.18. The summed E-state index contributed by atoms with van der Waals surface area (Å²) in [4.78, 5) is 0. The molecule has 1 rings (SSSR count). The molecule has 0 aliphatic heterocycles. The lowest BCUT2D eigenvalue weighted by Crippen LogP contribution is -2.10. The van der Waals surface area contributed by atoms with Crippen LogP contribution in [0.4, 0.5) is 0 Å². The molecular weight excluding hydrogens is 268 g/mol. The quantitative estimate of drug-likeness (QED) is 0.531. The Balaban J connectivity index is 2.21. The van der Waals surface area contributed by atoms with Crippen LogP contribution in [0.3, 0.4) is 0 Å². The second kappa shape index (κ2) is 8.72. The minimum Gasteiger partial charge on any atom is -0.381 e. The molecule has 1 aromatic carbocycles. The van der Waals surface area contributed by atoms with E-state index >= 15 is 0 Å². The highest BCUT2D eigenvalue weighted by molar-refractivity contribution is 5.24. The maximum absolute atomic E-state index is 5.74. The van der Waals surface area contributed by atoms with Crippen molar-refractivity contribution < 1.29 is 4.74 Å². The molecule has 126 valence electrons. The highest BCUT2D eigenvalue weighted by Gasteiger charge is 2.11. The molecule has 1 aromatic rings. The molecule has 1 nitrogen and oxygen atoms in total. The average Bonchev–Trinajstić information content (AvgIpc) is 2.34. The second-order valence-corrected chi connectivity index (χ2v) is 8.94. The minimum atomic E-state index is 0.361. The topological polar surface area (TPSA) is 9.23 Å². The van der Waals surface area contributed by atoms with Gasteiger partial charge in [-0.3, -0.25) is 0 Å². The molecule has 1 heteroatoms. The Labute approximate surface area is 138 Å². The molecule has 0 aliphatic rings. The molecule has 0 aliphatic carbocycles. The van der Waals surface area contributed by atoms with Gasteiger partial charge >= 0.3 is 0 Å². The fourth-order valence-corrected chi connectivity index (χ4v) is 2.52. The third-order valence-corrected chi connectivity index (χ3v) is 3.73. The van der Waals surface area contributed by atoms with Gasteiger partial charge in [0.1, 0.15) is 0 Å². The van der Waals surface area contributed by atoms with E-state index in [-0.39, 0.29) is 0 Å². The Morgan fingerprint density at radius 2 is 1.50 bits per heavy atom. The van der Waals surface area contributed by atoms with Crippen molar-refractivity contribution in [3.8, 4) is 0 Å². The van der Waals surface area contributed by atoms with Crippen LogP contribution in [0.5, 0.6) is 0 Å². The van der Waals surface area contributed by atoms with Crippen LogP contribution in [0, 0.1) is 10.8 Å². The summed E-state index contributed by atoms with van der Waals surface area (Å²) in [5.41, 5.74) is 3.68. The smallest absolute Gasteiger partial charge is 0.0471 e. The Morgan fingerprint density at radius 3 is 2.14 bits per heavy atom. The second-order valence-electron chi connectivity index (χ2n) is 8.94. The summed E-state index contributed by atoms with van der Waals surface area (Å²) in [5.74, 6) is 0. The zero-order valence-corrected chi connectivity index (χ0v) is 15.7.